The Labute approximate surface area is 100.0 Å². The monoisotopic (exact) mass is 235 g/mol. The molecule has 0 aliphatic carbocycles. The van der Waals surface area contributed by atoms with E-state index in [4.69, 9.17) is 11.2 Å². The van der Waals surface area contributed by atoms with Crippen LogP contribution >= 0.6 is 0 Å². The van der Waals surface area contributed by atoms with Crippen LogP contribution < -0.4 is 10.1 Å². The Bertz CT molecular complexity index is 438. The van der Waals surface area contributed by atoms with Crippen molar-refractivity contribution in [2.45, 2.75) is 6.42 Å². The maximum absolute atomic E-state index is 13.7. The second kappa shape index (κ2) is 6.66. The van der Waals surface area contributed by atoms with Crippen molar-refractivity contribution in [1.82, 2.24) is 5.32 Å². The normalized spacial score (nSPS) is 9.71. The smallest absolute Gasteiger partial charge is 0.168 e. The van der Waals surface area contributed by atoms with Gasteiger partial charge in [-0.3, -0.25) is 10.1 Å². The molecule has 90 valence electrons. The number of rotatable bonds is 6. The maximum atomic E-state index is 13.7. The number of methoxy groups -OCH3 is 1. The summed E-state index contributed by atoms with van der Waals surface area (Å²) in [6.45, 7) is 0.465. The number of terminal acetylenes is 1. The van der Waals surface area contributed by atoms with Gasteiger partial charge in [-0.1, -0.05) is 18.1 Å². The third-order valence-corrected chi connectivity index (χ3v) is 2.20. The quantitative estimate of drug-likeness (QED) is 0.594. The predicted molar refractivity (Wildman–Crippen MR) is 63.4 cm³/mol. The highest BCUT2D eigenvalue weighted by atomic mass is 19.1. The highest BCUT2D eigenvalue weighted by molar-refractivity contribution is 5.82. The van der Waals surface area contributed by atoms with Crippen molar-refractivity contribution in [2.75, 3.05) is 20.2 Å². The van der Waals surface area contributed by atoms with Gasteiger partial charge in [-0.05, 0) is 11.6 Å². The van der Waals surface area contributed by atoms with Gasteiger partial charge in [-0.25, -0.2) is 4.39 Å². The van der Waals surface area contributed by atoms with Crippen molar-refractivity contribution < 1.29 is 13.9 Å². The Kier molecular flexibility index (Phi) is 5.18. The first-order valence-corrected chi connectivity index (χ1v) is 5.16. The summed E-state index contributed by atoms with van der Waals surface area (Å²) in [5.74, 6) is 1.90. The van der Waals surface area contributed by atoms with Crippen LogP contribution in [0, 0.1) is 18.2 Å². The molecule has 3 nitrogen and oxygen atoms in total. The molecule has 0 heterocycles. The van der Waals surface area contributed by atoms with Crippen LogP contribution in [0.2, 0.25) is 0 Å². The first-order valence-electron chi connectivity index (χ1n) is 5.16. The molecule has 0 aliphatic heterocycles. The second-order valence-electron chi connectivity index (χ2n) is 3.46. The summed E-state index contributed by atoms with van der Waals surface area (Å²) in [6, 6.07) is 4.73. The third-order valence-electron chi connectivity index (χ3n) is 2.20. The van der Waals surface area contributed by atoms with Gasteiger partial charge in [-0.15, -0.1) is 6.42 Å². The van der Waals surface area contributed by atoms with Gasteiger partial charge < -0.3 is 4.74 Å². The van der Waals surface area contributed by atoms with Gasteiger partial charge in [0.2, 0.25) is 0 Å². The number of nitrogens with one attached hydrogen (secondary N) is 1. The van der Waals surface area contributed by atoms with Crippen molar-refractivity contribution in [3.8, 4) is 18.1 Å². The number of carbonyl (C=O) groups excluding carboxylic acids is 1. The number of carbonyl (C=O) groups is 1. The molecule has 0 saturated heterocycles. The van der Waals surface area contributed by atoms with Crippen LogP contribution in [-0.2, 0) is 11.2 Å². The summed E-state index contributed by atoms with van der Waals surface area (Å²) < 4.78 is 18.5. The summed E-state index contributed by atoms with van der Waals surface area (Å²) in [5, 5.41) is 2.76. The van der Waals surface area contributed by atoms with Crippen molar-refractivity contribution in [3.63, 3.8) is 0 Å². The highest BCUT2D eigenvalue weighted by Crippen LogP contribution is 2.20. The first-order chi connectivity index (χ1) is 8.19. The minimum absolute atomic E-state index is 0.0284. The van der Waals surface area contributed by atoms with E-state index in [1.165, 1.54) is 13.2 Å². The lowest BCUT2D eigenvalue weighted by molar-refractivity contribution is -0.117. The lowest BCUT2D eigenvalue weighted by Gasteiger charge is -2.06. The maximum Gasteiger partial charge on any atom is 0.168 e. The van der Waals surface area contributed by atoms with Crippen molar-refractivity contribution in [1.29, 1.82) is 0 Å². The topological polar surface area (TPSA) is 38.3 Å². The molecular formula is C13H14FNO2. The Morgan fingerprint density at radius 1 is 1.59 bits per heavy atom. The van der Waals surface area contributed by atoms with Crippen LogP contribution in [0.15, 0.2) is 18.2 Å². The first kappa shape index (κ1) is 13.2. The number of hydrogen-bond acceptors (Lipinski definition) is 3. The summed E-state index contributed by atoms with van der Waals surface area (Å²) in [5.41, 5.74) is 0.330. The van der Waals surface area contributed by atoms with Gasteiger partial charge in [0, 0.05) is 6.42 Å². The summed E-state index contributed by atoms with van der Waals surface area (Å²) in [6.07, 6.45) is 5.06. The number of benzene rings is 1. The van der Waals surface area contributed by atoms with Crippen LogP contribution in [0.4, 0.5) is 4.39 Å². The molecule has 0 fully saturated rings. The zero-order chi connectivity index (χ0) is 12.7. The van der Waals surface area contributed by atoms with E-state index >= 15 is 0 Å². The van der Waals surface area contributed by atoms with Crippen LogP contribution in [-0.4, -0.2) is 26.0 Å². The van der Waals surface area contributed by atoms with Crippen LogP contribution in [0.3, 0.4) is 0 Å². The van der Waals surface area contributed by atoms with E-state index in [9.17, 15) is 9.18 Å². The average Bonchev–Trinajstić information content (AvgIpc) is 2.32. The molecule has 0 unspecified atom stereocenters. The molecule has 1 N–H and O–H groups in total. The summed E-state index contributed by atoms with van der Waals surface area (Å²) in [7, 11) is 1.39. The molecule has 0 radical (unpaired) electrons. The lowest BCUT2D eigenvalue weighted by atomic mass is 10.1. The molecule has 0 aromatic heterocycles. The summed E-state index contributed by atoms with van der Waals surface area (Å²) in [4.78, 5) is 11.5. The van der Waals surface area contributed by atoms with Crippen molar-refractivity contribution in [2.24, 2.45) is 0 Å². The fourth-order valence-electron chi connectivity index (χ4n) is 1.40. The minimum atomic E-state index is -0.486. The van der Waals surface area contributed by atoms with E-state index in [0.29, 0.717) is 12.1 Å². The molecule has 0 bridgehead atoms. The SMILES string of the molecule is C#CCNCC(=O)Cc1cccc(OC)c1F. The molecule has 0 aliphatic rings. The molecular weight excluding hydrogens is 221 g/mol. The Hall–Kier alpha value is -1.86. The van der Waals surface area contributed by atoms with E-state index < -0.39 is 5.82 Å². The Morgan fingerprint density at radius 2 is 2.35 bits per heavy atom. The fourth-order valence-corrected chi connectivity index (χ4v) is 1.40. The van der Waals surface area contributed by atoms with Gasteiger partial charge in [0.25, 0.3) is 0 Å². The standard InChI is InChI=1S/C13H14FNO2/c1-3-7-15-9-11(16)8-10-5-4-6-12(17-2)13(10)14/h1,4-6,15H,7-9H2,2H3. The fraction of sp³-hybridized carbons (Fsp3) is 0.308. The highest BCUT2D eigenvalue weighted by Gasteiger charge is 2.11. The van der Waals surface area contributed by atoms with Crippen molar-refractivity contribution in [3.05, 3.63) is 29.6 Å². The van der Waals surface area contributed by atoms with Gasteiger partial charge in [0.15, 0.2) is 17.3 Å². The van der Waals surface area contributed by atoms with E-state index in [-0.39, 0.29) is 24.5 Å². The van der Waals surface area contributed by atoms with E-state index in [0.717, 1.165) is 0 Å². The van der Waals surface area contributed by atoms with E-state index in [2.05, 4.69) is 11.2 Å². The number of ketones is 1. The predicted octanol–water partition coefficient (Wildman–Crippen LogP) is 1.17. The van der Waals surface area contributed by atoms with E-state index in [1.54, 1.807) is 12.1 Å². The van der Waals surface area contributed by atoms with Gasteiger partial charge >= 0.3 is 0 Å². The Balaban J connectivity index is 2.63. The molecule has 1 aromatic carbocycles. The second-order valence-corrected chi connectivity index (χ2v) is 3.46. The zero-order valence-electron chi connectivity index (χ0n) is 9.63. The van der Waals surface area contributed by atoms with Gasteiger partial charge in [0.05, 0.1) is 20.2 Å². The zero-order valence-corrected chi connectivity index (χ0v) is 9.63. The number of Topliss-reactive ketones (excluding diaryl/α,β-unsaturated/α-hetero) is 1. The molecule has 1 aromatic rings. The van der Waals surface area contributed by atoms with E-state index in [1.807, 2.05) is 0 Å². The molecule has 1 rings (SSSR count). The van der Waals surface area contributed by atoms with Crippen LogP contribution in [0.25, 0.3) is 0 Å². The third kappa shape index (κ3) is 3.89. The van der Waals surface area contributed by atoms with Gasteiger partial charge in [-0.2, -0.15) is 0 Å². The molecule has 17 heavy (non-hydrogen) atoms. The average molecular weight is 235 g/mol. The molecule has 0 amide bonds. The molecule has 0 saturated carbocycles. The number of ether oxygens (including phenoxy) is 1. The molecule has 4 heteroatoms. The lowest BCUT2D eigenvalue weighted by Crippen LogP contribution is -2.24. The largest absolute Gasteiger partial charge is 0.494 e. The minimum Gasteiger partial charge on any atom is -0.494 e. The number of halogens is 1. The van der Waals surface area contributed by atoms with Crippen LogP contribution in [0.1, 0.15) is 5.56 Å². The molecule has 0 spiro atoms. The van der Waals surface area contributed by atoms with Crippen LogP contribution in [0.5, 0.6) is 5.75 Å². The van der Waals surface area contributed by atoms with Crippen molar-refractivity contribution >= 4 is 5.78 Å². The Morgan fingerprint density at radius 3 is 3.00 bits per heavy atom. The number of hydrogen-bond donors (Lipinski definition) is 1. The summed E-state index contributed by atoms with van der Waals surface area (Å²) >= 11 is 0. The van der Waals surface area contributed by atoms with Gasteiger partial charge in [0.1, 0.15) is 0 Å². The molecule has 0 atom stereocenters.